The molecule has 1 rings (SSSR count). The van der Waals surface area contributed by atoms with Gasteiger partial charge in [-0.25, -0.2) is 4.98 Å². The lowest BCUT2D eigenvalue weighted by molar-refractivity contribution is -0.117. The highest BCUT2D eigenvalue weighted by atomic mass is 79.9. The summed E-state index contributed by atoms with van der Waals surface area (Å²) in [4.78, 5) is 15.9. The van der Waals surface area contributed by atoms with E-state index < -0.39 is 0 Å². The van der Waals surface area contributed by atoms with E-state index in [1.807, 2.05) is 19.9 Å². The molecule has 4 nitrogen and oxygen atoms in total. The highest BCUT2D eigenvalue weighted by molar-refractivity contribution is 9.10. The van der Waals surface area contributed by atoms with Crippen LogP contribution in [0.25, 0.3) is 0 Å². The molecule has 0 aromatic carbocycles. The Bertz CT molecular complexity index is 396. The Balaban J connectivity index is 2.56. The van der Waals surface area contributed by atoms with Gasteiger partial charge < -0.3 is 10.1 Å². The first-order chi connectivity index (χ1) is 8.02. The molecule has 1 aromatic rings. The van der Waals surface area contributed by atoms with Crippen molar-refractivity contribution in [2.24, 2.45) is 5.92 Å². The maximum Gasteiger partial charge on any atom is 0.225 e. The van der Waals surface area contributed by atoms with E-state index in [2.05, 4.69) is 26.2 Å². The van der Waals surface area contributed by atoms with Crippen molar-refractivity contribution in [1.29, 1.82) is 0 Å². The Labute approximate surface area is 110 Å². The molecule has 0 fully saturated rings. The van der Waals surface area contributed by atoms with Crippen LogP contribution in [0.1, 0.15) is 18.9 Å². The summed E-state index contributed by atoms with van der Waals surface area (Å²) in [6, 6.07) is 1.92. The Kier molecular flexibility index (Phi) is 5.58. The third-order valence-electron chi connectivity index (χ3n) is 2.29. The van der Waals surface area contributed by atoms with Crippen LogP contribution in [0.15, 0.2) is 16.7 Å². The molecule has 94 valence electrons. The summed E-state index contributed by atoms with van der Waals surface area (Å²) in [7, 11) is 1.63. The minimum absolute atomic E-state index is 0.0347. The van der Waals surface area contributed by atoms with Gasteiger partial charge in [0.05, 0.1) is 0 Å². The first-order valence-electron chi connectivity index (χ1n) is 5.44. The highest BCUT2D eigenvalue weighted by Gasteiger charge is 2.10. The van der Waals surface area contributed by atoms with Gasteiger partial charge in [-0.05, 0) is 40.4 Å². The summed E-state index contributed by atoms with van der Waals surface area (Å²) in [5.74, 6) is 0.783. The molecule has 17 heavy (non-hydrogen) atoms. The summed E-state index contributed by atoms with van der Waals surface area (Å²) in [6.07, 6.45) is 2.10. The van der Waals surface area contributed by atoms with Crippen molar-refractivity contribution in [2.45, 2.75) is 20.3 Å². The Morgan fingerprint density at radius 2 is 2.35 bits per heavy atom. The van der Waals surface area contributed by atoms with Crippen molar-refractivity contribution in [2.75, 3.05) is 19.0 Å². The quantitative estimate of drug-likeness (QED) is 0.910. The van der Waals surface area contributed by atoms with Gasteiger partial charge in [0.25, 0.3) is 0 Å². The first kappa shape index (κ1) is 14.1. The van der Waals surface area contributed by atoms with Gasteiger partial charge in [0, 0.05) is 30.8 Å². The highest BCUT2D eigenvalue weighted by Crippen LogP contribution is 2.17. The van der Waals surface area contributed by atoms with E-state index in [0.717, 1.165) is 10.0 Å². The molecule has 1 unspecified atom stereocenters. The molecule has 0 saturated carbocycles. The van der Waals surface area contributed by atoms with E-state index in [0.29, 0.717) is 18.8 Å². The fourth-order valence-corrected chi connectivity index (χ4v) is 1.96. The third kappa shape index (κ3) is 4.83. The SMILES string of the molecule is COCC(C)CC(=O)Nc1ncc(Br)cc1C. The van der Waals surface area contributed by atoms with E-state index in [1.165, 1.54) is 0 Å². The van der Waals surface area contributed by atoms with Gasteiger partial charge in [-0.2, -0.15) is 0 Å². The van der Waals surface area contributed by atoms with E-state index in [-0.39, 0.29) is 11.8 Å². The number of rotatable bonds is 5. The maximum absolute atomic E-state index is 11.7. The second-order valence-electron chi connectivity index (χ2n) is 4.13. The molecular weight excluding hydrogens is 284 g/mol. The number of hydrogen-bond donors (Lipinski definition) is 1. The zero-order valence-corrected chi connectivity index (χ0v) is 11.9. The van der Waals surface area contributed by atoms with Gasteiger partial charge in [0.15, 0.2) is 0 Å². The van der Waals surface area contributed by atoms with Crippen molar-refractivity contribution >= 4 is 27.7 Å². The Morgan fingerprint density at radius 1 is 1.65 bits per heavy atom. The molecule has 5 heteroatoms. The summed E-state index contributed by atoms with van der Waals surface area (Å²) in [5, 5.41) is 2.80. The van der Waals surface area contributed by atoms with E-state index in [9.17, 15) is 4.79 Å². The normalized spacial score (nSPS) is 12.2. The fourth-order valence-electron chi connectivity index (χ4n) is 1.51. The van der Waals surface area contributed by atoms with Gasteiger partial charge in [0.1, 0.15) is 5.82 Å². The molecular formula is C12H17BrN2O2. The number of nitrogens with zero attached hydrogens (tertiary/aromatic N) is 1. The van der Waals surface area contributed by atoms with Crippen molar-refractivity contribution < 1.29 is 9.53 Å². The van der Waals surface area contributed by atoms with Crippen LogP contribution in [0.3, 0.4) is 0 Å². The number of nitrogens with one attached hydrogen (secondary N) is 1. The molecule has 0 saturated heterocycles. The molecule has 0 aliphatic rings. The molecule has 0 bridgehead atoms. The van der Waals surface area contributed by atoms with Crippen LogP contribution in [0.4, 0.5) is 5.82 Å². The van der Waals surface area contributed by atoms with Crippen LogP contribution in [-0.2, 0) is 9.53 Å². The molecule has 1 atom stereocenters. The van der Waals surface area contributed by atoms with Gasteiger partial charge in [0.2, 0.25) is 5.91 Å². The number of halogens is 1. The number of hydrogen-bond acceptors (Lipinski definition) is 3. The minimum atomic E-state index is -0.0347. The molecule has 0 aliphatic heterocycles. The van der Waals surface area contributed by atoms with Crippen molar-refractivity contribution in [3.05, 3.63) is 22.3 Å². The summed E-state index contributed by atoms with van der Waals surface area (Å²) < 4.78 is 5.90. The fraction of sp³-hybridized carbons (Fsp3) is 0.500. The number of methoxy groups -OCH3 is 1. The third-order valence-corrected chi connectivity index (χ3v) is 2.72. The molecule has 1 aromatic heterocycles. The largest absolute Gasteiger partial charge is 0.384 e. The van der Waals surface area contributed by atoms with Crippen LogP contribution in [0.5, 0.6) is 0 Å². The monoisotopic (exact) mass is 300 g/mol. The lowest BCUT2D eigenvalue weighted by atomic mass is 10.1. The number of anilines is 1. The number of aryl methyl sites for hydroxylation is 1. The van der Waals surface area contributed by atoms with Gasteiger partial charge in [-0.3, -0.25) is 4.79 Å². The van der Waals surface area contributed by atoms with Gasteiger partial charge in [-0.1, -0.05) is 6.92 Å². The average molecular weight is 301 g/mol. The average Bonchev–Trinajstić information content (AvgIpc) is 2.22. The second kappa shape index (κ2) is 6.71. The number of ether oxygens (including phenoxy) is 1. The van der Waals surface area contributed by atoms with Crippen molar-refractivity contribution in [3.8, 4) is 0 Å². The van der Waals surface area contributed by atoms with Crippen molar-refractivity contribution in [3.63, 3.8) is 0 Å². The molecule has 1 amide bonds. The first-order valence-corrected chi connectivity index (χ1v) is 6.23. The predicted octanol–water partition coefficient (Wildman–Crippen LogP) is 2.76. The van der Waals surface area contributed by atoms with E-state index in [1.54, 1.807) is 13.3 Å². The molecule has 1 N–H and O–H groups in total. The number of pyridine rings is 1. The zero-order chi connectivity index (χ0) is 12.8. The Morgan fingerprint density at radius 3 is 2.94 bits per heavy atom. The second-order valence-corrected chi connectivity index (χ2v) is 5.05. The molecule has 0 spiro atoms. The minimum Gasteiger partial charge on any atom is -0.384 e. The Hall–Kier alpha value is -0.940. The summed E-state index contributed by atoms with van der Waals surface area (Å²) in [5.41, 5.74) is 0.937. The van der Waals surface area contributed by atoms with Gasteiger partial charge in [-0.15, -0.1) is 0 Å². The van der Waals surface area contributed by atoms with Crippen LogP contribution >= 0.6 is 15.9 Å². The van der Waals surface area contributed by atoms with E-state index >= 15 is 0 Å². The lowest BCUT2D eigenvalue weighted by Gasteiger charge is -2.11. The van der Waals surface area contributed by atoms with Crippen LogP contribution < -0.4 is 5.32 Å². The van der Waals surface area contributed by atoms with Crippen LogP contribution in [0, 0.1) is 12.8 Å². The summed E-state index contributed by atoms with van der Waals surface area (Å²) >= 11 is 3.33. The number of amides is 1. The smallest absolute Gasteiger partial charge is 0.225 e. The van der Waals surface area contributed by atoms with Crippen molar-refractivity contribution in [1.82, 2.24) is 4.98 Å². The summed E-state index contributed by atoms with van der Waals surface area (Å²) in [6.45, 7) is 4.47. The number of carbonyl (C=O) groups excluding carboxylic acids is 1. The van der Waals surface area contributed by atoms with E-state index in [4.69, 9.17) is 4.74 Å². The molecule has 1 heterocycles. The topological polar surface area (TPSA) is 51.2 Å². The standard InChI is InChI=1S/C12H17BrN2O2/c1-8(7-17-3)4-11(16)15-12-9(2)5-10(13)6-14-12/h5-6,8H,4,7H2,1-3H3,(H,14,15,16). The molecule has 0 aliphatic carbocycles. The number of carbonyl (C=O) groups is 1. The maximum atomic E-state index is 11.7. The number of aromatic nitrogens is 1. The zero-order valence-electron chi connectivity index (χ0n) is 10.3. The van der Waals surface area contributed by atoms with Crippen LogP contribution in [0.2, 0.25) is 0 Å². The lowest BCUT2D eigenvalue weighted by Crippen LogP contribution is -2.18. The van der Waals surface area contributed by atoms with Gasteiger partial charge >= 0.3 is 0 Å². The predicted molar refractivity (Wildman–Crippen MR) is 71.0 cm³/mol. The van der Waals surface area contributed by atoms with Crippen LogP contribution in [-0.4, -0.2) is 24.6 Å². The molecule has 0 radical (unpaired) electrons.